The molecule has 1 fully saturated rings. The van der Waals surface area contributed by atoms with E-state index in [-0.39, 0.29) is 0 Å². The number of methoxy groups -OCH3 is 1. The molecule has 0 radical (unpaired) electrons. The summed E-state index contributed by atoms with van der Waals surface area (Å²) < 4.78 is 5.31. The standard InChI is InChI=1S/C15H21NO3/c1-16(2)10-11-7-12(9-13(8-11)19-3)15(14(17)18)5-4-6-15/h7-9H,4-6,10H2,1-3H3,(H,17,18). The Bertz CT molecular complexity index is 478. The van der Waals surface area contributed by atoms with Crippen LogP contribution in [0.5, 0.6) is 5.75 Å². The summed E-state index contributed by atoms with van der Waals surface area (Å²) in [5.74, 6) is 0.0182. The van der Waals surface area contributed by atoms with E-state index in [1.807, 2.05) is 32.3 Å². The van der Waals surface area contributed by atoms with Gasteiger partial charge in [0.05, 0.1) is 12.5 Å². The second-order valence-corrected chi connectivity index (χ2v) is 5.55. The van der Waals surface area contributed by atoms with Gasteiger partial charge >= 0.3 is 5.97 Å². The summed E-state index contributed by atoms with van der Waals surface area (Å²) >= 11 is 0. The second kappa shape index (κ2) is 5.21. The highest BCUT2D eigenvalue weighted by atomic mass is 16.5. The van der Waals surface area contributed by atoms with E-state index in [9.17, 15) is 9.90 Å². The average molecular weight is 263 g/mol. The molecule has 0 aromatic heterocycles. The Hall–Kier alpha value is -1.55. The molecule has 0 aliphatic heterocycles. The number of hydrogen-bond acceptors (Lipinski definition) is 3. The molecule has 1 saturated carbocycles. The Morgan fingerprint density at radius 3 is 2.47 bits per heavy atom. The van der Waals surface area contributed by atoms with Crippen LogP contribution in [0.1, 0.15) is 30.4 Å². The molecule has 104 valence electrons. The maximum atomic E-state index is 11.6. The van der Waals surface area contributed by atoms with Gasteiger partial charge in [-0.1, -0.05) is 12.5 Å². The van der Waals surface area contributed by atoms with Gasteiger partial charge in [0.1, 0.15) is 5.75 Å². The second-order valence-electron chi connectivity index (χ2n) is 5.55. The first kappa shape index (κ1) is 13.9. The van der Waals surface area contributed by atoms with Crippen LogP contribution in [-0.2, 0) is 16.8 Å². The molecule has 2 rings (SSSR count). The third-order valence-electron chi connectivity index (χ3n) is 3.87. The van der Waals surface area contributed by atoms with Crippen molar-refractivity contribution in [2.24, 2.45) is 0 Å². The molecule has 4 heteroatoms. The number of rotatable bonds is 5. The molecule has 19 heavy (non-hydrogen) atoms. The molecule has 1 aliphatic rings. The van der Waals surface area contributed by atoms with Gasteiger partial charge in [-0.05, 0) is 50.2 Å². The Morgan fingerprint density at radius 1 is 1.37 bits per heavy atom. The van der Waals surface area contributed by atoms with Crippen molar-refractivity contribution >= 4 is 5.97 Å². The highest BCUT2D eigenvalue weighted by molar-refractivity contribution is 5.82. The molecule has 0 saturated heterocycles. The number of carboxylic acid groups (broad SMARTS) is 1. The molecule has 0 amide bonds. The monoisotopic (exact) mass is 263 g/mol. The summed E-state index contributed by atoms with van der Waals surface area (Å²) in [6.45, 7) is 0.778. The topological polar surface area (TPSA) is 49.8 Å². The highest BCUT2D eigenvalue weighted by Gasteiger charge is 2.46. The number of nitrogens with zero attached hydrogens (tertiary/aromatic N) is 1. The van der Waals surface area contributed by atoms with E-state index in [2.05, 4.69) is 4.90 Å². The molecule has 0 atom stereocenters. The molecular formula is C15H21NO3. The first-order valence-electron chi connectivity index (χ1n) is 6.54. The summed E-state index contributed by atoms with van der Waals surface area (Å²) in [5, 5.41) is 9.52. The van der Waals surface area contributed by atoms with Gasteiger partial charge in [-0.25, -0.2) is 0 Å². The van der Waals surface area contributed by atoms with Gasteiger partial charge in [-0.2, -0.15) is 0 Å². The van der Waals surface area contributed by atoms with Crippen LogP contribution in [0.4, 0.5) is 0 Å². The lowest BCUT2D eigenvalue weighted by Crippen LogP contribution is -2.42. The summed E-state index contributed by atoms with van der Waals surface area (Å²) in [4.78, 5) is 13.6. The van der Waals surface area contributed by atoms with E-state index in [1.54, 1.807) is 7.11 Å². The number of ether oxygens (including phenoxy) is 1. The molecule has 1 aliphatic carbocycles. The minimum atomic E-state index is -0.720. The van der Waals surface area contributed by atoms with Crippen LogP contribution in [0.15, 0.2) is 18.2 Å². The normalized spacial score (nSPS) is 17.1. The van der Waals surface area contributed by atoms with Gasteiger partial charge in [0.25, 0.3) is 0 Å². The van der Waals surface area contributed by atoms with Gasteiger partial charge in [0.2, 0.25) is 0 Å². The van der Waals surface area contributed by atoms with Crippen molar-refractivity contribution in [3.8, 4) is 5.75 Å². The van der Waals surface area contributed by atoms with Crippen LogP contribution in [0, 0.1) is 0 Å². The maximum absolute atomic E-state index is 11.6. The smallest absolute Gasteiger partial charge is 0.314 e. The molecule has 0 spiro atoms. The number of benzene rings is 1. The zero-order valence-electron chi connectivity index (χ0n) is 11.8. The van der Waals surface area contributed by atoms with E-state index in [0.717, 1.165) is 42.7 Å². The number of carbonyl (C=O) groups is 1. The fraction of sp³-hybridized carbons (Fsp3) is 0.533. The molecular weight excluding hydrogens is 242 g/mol. The van der Waals surface area contributed by atoms with E-state index in [4.69, 9.17) is 4.74 Å². The third kappa shape index (κ3) is 2.59. The van der Waals surface area contributed by atoms with Gasteiger partial charge in [0.15, 0.2) is 0 Å². The van der Waals surface area contributed by atoms with Crippen molar-refractivity contribution in [3.05, 3.63) is 29.3 Å². The predicted octanol–water partition coefficient (Wildman–Crippen LogP) is 2.26. The minimum Gasteiger partial charge on any atom is -0.497 e. The molecule has 1 aromatic rings. The SMILES string of the molecule is COc1cc(CN(C)C)cc(C2(C(=O)O)CCC2)c1. The van der Waals surface area contributed by atoms with Crippen molar-refractivity contribution < 1.29 is 14.6 Å². The van der Waals surface area contributed by atoms with E-state index < -0.39 is 11.4 Å². The van der Waals surface area contributed by atoms with Crippen molar-refractivity contribution in [3.63, 3.8) is 0 Å². The summed E-state index contributed by atoms with van der Waals surface area (Å²) in [6, 6.07) is 5.85. The van der Waals surface area contributed by atoms with Gasteiger partial charge < -0.3 is 14.7 Å². The van der Waals surface area contributed by atoms with Gasteiger partial charge in [-0.15, -0.1) is 0 Å². The van der Waals surface area contributed by atoms with Crippen LogP contribution in [0.2, 0.25) is 0 Å². The van der Waals surface area contributed by atoms with E-state index >= 15 is 0 Å². The number of aliphatic carboxylic acids is 1. The minimum absolute atomic E-state index is 0.699. The lowest BCUT2D eigenvalue weighted by atomic mass is 9.64. The molecule has 0 unspecified atom stereocenters. The Balaban J connectivity index is 2.41. The maximum Gasteiger partial charge on any atom is 0.314 e. The van der Waals surface area contributed by atoms with Crippen molar-refractivity contribution in [2.45, 2.75) is 31.2 Å². The van der Waals surface area contributed by atoms with Crippen LogP contribution in [-0.4, -0.2) is 37.2 Å². The summed E-state index contributed by atoms with van der Waals surface area (Å²) in [6.07, 6.45) is 2.42. The van der Waals surface area contributed by atoms with Crippen molar-refractivity contribution in [1.29, 1.82) is 0 Å². The van der Waals surface area contributed by atoms with Gasteiger partial charge in [-0.3, -0.25) is 4.79 Å². The fourth-order valence-corrected chi connectivity index (χ4v) is 2.67. The summed E-state index contributed by atoms with van der Waals surface area (Å²) in [5.41, 5.74) is 1.27. The zero-order chi connectivity index (χ0) is 14.0. The zero-order valence-corrected chi connectivity index (χ0v) is 11.8. The van der Waals surface area contributed by atoms with Crippen LogP contribution in [0.25, 0.3) is 0 Å². The number of carboxylic acids is 1. The quantitative estimate of drug-likeness (QED) is 0.885. The average Bonchev–Trinajstić information content (AvgIpc) is 2.25. The van der Waals surface area contributed by atoms with Crippen LogP contribution >= 0.6 is 0 Å². The van der Waals surface area contributed by atoms with Crippen molar-refractivity contribution in [1.82, 2.24) is 4.90 Å². The fourth-order valence-electron chi connectivity index (χ4n) is 2.67. The summed E-state index contributed by atoms with van der Waals surface area (Å²) in [7, 11) is 5.61. The molecule has 1 N–H and O–H groups in total. The van der Waals surface area contributed by atoms with Gasteiger partial charge in [0, 0.05) is 6.54 Å². The van der Waals surface area contributed by atoms with Crippen molar-refractivity contribution in [2.75, 3.05) is 21.2 Å². The van der Waals surface area contributed by atoms with Crippen LogP contribution in [0.3, 0.4) is 0 Å². The largest absolute Gasteiger partial charge is 0.497 e. The van der Waals surface area contributed by atoms with Crippen LogP contribution < -0.4 is 4.74 Å². The highest BCUT2D eigenvalue weighted by Crippen LogP contribution is 2.45. The Labute approximate surface area is 114 Å². The van der Waals surface area contributed by atoms with E-state index in [0.29, 0.717) is 0 Å². The third-order valence-corrected chi connectivity index (χ3v) is 3.87. The molecule has 1 aromatic carbocycles. The first-order chi connectivity index (χ1) is 8.98. The Morgan fingerprint density at radius 2 is 2.05 bits per heavy atom. The van der Waals surface area contributed by atoms with E-state index in [1.165, 1.54) is 0 Å². The number of hydrogen-bond donors (Lipinski definition) is 1. The lowest BCUT2D eigenvalue weighted by molar-refractivity contribution is -0.147. The Kier molecular flexibility index (Phi) is 3.80. The predicted molar refractivity (Wildman–Crippen MR) is 73.5 cm³/mol. The first-order valence-corrected chi connectivity index (χ1v) is 6.54. The molecule has 0 heterocycles. The molecule has 0 bridgehead atoms. The molecule has 4 nitrogen and oxygen atoms in total. The lowest BCUT2D eigenvalue weighted by Gasteiger charge is -2.38.